The SMILES string of the molecule is CCCCOCCN=C(N)N1CCSCC1.I. The summed E-state index contributed by atoms with van der Waals surface area (Å²) >= 11 is 1.98. The van der Waals surface area contributed by atoms with E-state index in [0.717, 1.165) is 37.6 Å². The Labute approximate surface area is 126 Å². The molecule has 0 amide bonds. The number of thioether (sulfide) groups is 1. The summed E-state index contributed by atoms with van der Waals surface area (Å²) < 4.78 is 5.43. The molecule has 0 aromatic heterocycles. The van der Waals surface area contributed by atoms with Crippen LogP contribution in [0, 0.1) is 0 Å². The third-order valence-corrected chi connectivity index (χ3v) is 3.43. The molecule has 0 spiro atoms. The van der Waals surface area contributed by atoms with Gasteiger partial charge < -0.3 is 15.4 Å². The Balaban J connectivity index is 0.00000256. The fourth-order valence-electron chi connectivity index (χ4n) is 1.47. The zero-order valence-corrected chi connectivity index (χ0v) is 13.7. The van der Waals surface area contributed by atoms with Gasteiger partial charge in [0.25, 0.3) is 0 Å². The van der Waals surface area contributed by atoms with Gasteiger partial charge in [-0.25, -0.2) is 0 Å². The van der Waals surface area contributed by atoms with Gasteiger partial charge in [-0.1, -0.05) is 13.3 Å². The lowest BCUT2D eigenvalue weighted by Gasteiger charge is -2.27. The zero-order valence-electron chi connectivity index (χ0n) is 10.6. The highest BCUT2D eigenvalue weighted by molar-refractivity contribution is 14.0. The van der Waals surface area contributed by atoms with Gasteiger partial charge in [0.05, 0.1) is 13.2 Å². The topological polar surface area (TPSA) is 50.9 Å². The van der Waals surface area contributed by atoms with E-state index in [1.165, 1.54) is 6.42 Å². The second-order valence-electron chi connectivity index (χ2n) is 3.81. The molecule has 0 bridgehead atoms. The van der Waals surface area contributed by atoms with Crippen molar-refractivity contribution in [3.63, 3.8) is 0 Å². The quantitative estimate of drug-likeness (QED) is 0.334. The van der Waals surface area contributed by atoms with E-state index in [1.54, 1.807) is 0 Å². The molecule has 17 heavy (non-hydrogen) atoms. The van der Waals surface area contributed by atoms with Crippen LogP contribution in [0.1, 0.15) is 19.8 Å². The highest BCUT2D eigenvalue weighted by Gasteiger charge is 2.11. The van der Waals surface area contributed by atoms with Gasteiger partial charge in [-0.15, -0.1) is 24.0 Å². The van der Waals surface area contributed by atoms with E-state index in [9.17, 15) is 0 Å². The number of unbranched alkanes of at least 4 members (excludes halogenated alkanes) is 1. The minimum atomic E-state index is 0. The Morgan fingerprint density at radius 2 is 2.06 bits per heavy atom. The second-order valence-corrected chi connectivity index (χ2v) is 5.03. The number of nitrogens with zero attached hydrogens (tertiary/aromatic N) is 2. The van der Waals surface area contributed by atoms with Gasteiger partial charge in [0.1, 0.15) is 0 Å². The summed E-state index contributed by atoms with van der Waals surface area (Å²) in [4.78, 5) is 6.49. The maximum Gasteiger partial charge on any atom is 0.191 e. The standard InChI is InChI=1S/C11H23N3OS.HI/c1-2-3-7-15-8-4-13-11(12)14-5-9-16-10-6-14;/h2-10H2,1H3,(H2,12,13);1H. The van der Waals surface area contributed by atoms with Crippen molar-refractivity contribution in [3.8, 4) is 0 Å². The highest BCUT2D eigenvalue weighted by Crippen LogP contribution is 2.08. The third-order valence-electron chi connectivity index (χ3n) is 2.49. The molecule has 1 aliphatic heterocycles. The molecule has 0 saturated carbocycles. The molecule has 6 heteroatoms. The Morgan fingerprint density at radius 1 is 1.35 bits per heavy atom. The number of rotatable bonds is 6. The summed E-state index contributed by atoms with van der Waals surface area (Å²) in [6.07, 6.45) is 2.30. The van der Waals surface area contributed by atoms with Crippen LogP contribution in [-0.4, -0.2) is 55.2 Å². The van der Waals surface area contributed by atoms with Crippen LogP contribution in [0.4, 0.5) is 0 Å². The van der Waals surface area contributed by atoms with Crippen molar-refractivity contribution >= 4 is 41.7 Å². The van der Waals surface area contributed by atoms with E-state index in [4.69, 9.17) is 10.5 Å². The summed E-state index contributed by atoms with van der Waals surface area (Å²) in [7, 11) is 0. The fourth-order valence-corrected chi connectivity index (χ4v) is 2.37. The number of hydrogen-bond donors (Lipinski definition) is 1. The summed E-state index contributed by atoms with van der Waals surface area (Å²) in [5.74, 6) is 2.99. The first-order valence-electron chi connectivity index (χ1n) is 6.05. The van der Waals surface area contributed by atoms with Gasteiger partial charge in [0.2, 0.25) is 0 Å². The second kappa shape index (κ2) is 11.4. The average Bonchev–Trinajstić information content (AvgIpc) is 2.34. The van der Waals surface area contributed by atoms with Crippen LogP contribution < -0.4 is 5.73 Å². The van der Waals surface area contributed by atoms with Crippen molar-refractivity contribution in [2.45, 2.75) is 19.8 Å². The largest absolute Gasteiger partial charge is 0.380 e. The molecule has 0 aromatic carbocycles. The molecule has 1 saturated heterocycles. The minimum absolute atomic E-state index is 0. The van der Waals surface area contributed by atoms with Gasteiger partial charge in [-0.2, -0.15) is 11.8 Å². The maximum atomic E-state index is 5.90. The Kier molecular flexibility index (Phi) is 11.6. The number of hydrogen-bond acceptors (Lipinski definition) is 3. The number of aliphatic imine (C=N–C) groups is 1. The van der Waals surface area contributed by atoms with Crippen LogP contribution in [0.25, 0.3) is 0 Å². The first-order chi connectivity index (χ1) is 7.84. The molecule has 102 valence electrons. The van der Waals surface area contributed by atoms with Crippen molar-refractivity contribution in [2.24, 2.45) is 10.7 Å². The zero-order chi connectivity index (χ0) is 11.6. The molecule has 0 atom stereocenters. The van der Waals surface area contributed by atoms with E-state index >= 15 is 0 Å². The molecule has 0 radical (unpaired) electrons. The molecule has 0 unspecified atom stereocenters. The van der Waals surface area contributed by atoms with E-state index in [-0.39, 0.29) is 24.0 Å². The van der Waals surface area contributed by atoms with Crippen LogP contribution in [-0.2, 0) is 4.74 Å². The highest BCUT2D eigenvalue weighted by atomic mass is 127. The molecule has 2 N–H and O–H groups in total. The summed E-state index contributed by atoms with van der Waals surface area (Å²) in [5.41, 5.74) is 5.90. The van der Waals surface area contributed by atoms with E-state index < -0.39 is 0 Å². The minimum Gasteiger partial charge on any atom is -0.380 e. The van der Waals surface area contributed by atoms with Crippen LogP contribution in [0.3, 0.4) is 0 Å². The molecule has 1 aliphatic rings. The van der Waals surface area contributed by atoms with Gasteiger partial charge >= 0.3 is 0 Å². The fraction of sp³-hybridized carbons (Fsp3) is 0.909. The first kappa shape index (κ1) is 17.3. The van der Waals surface area contributed by atoms with Crippen molar-refractivity contribution in [2.75, 3.05) is 44.4 Å². The predicted octanol–water partition coefficient (Wildman–Crippen LogP) is 1.78. The van der Waals surface area contributed by atoms with Crippen LogP contribution >= 0.6 is 35.7 Å². The monoisotopic (exact) mass is 373 g/mol. The molecule has 0 aromatic rings. The molecule has 4 nitrogen and oxygen atoms in total. The van der Waals surface area contributed by atoms with Crippen molar-refractivity contribution in [1.82, 2.24) is 4.90 Å². The number of nitrogens with two attached hydrogens (primary N) is 1. The van der Waals surface area contributed by atoms with Gasteiger partial charge in [-0.3, -0.25) is 4.99 Å². The van der Waals surface area contributed by atoms with Crippen LogP contribution in [0.5, 0.6) is 0 Å². The third kappa shape index (κ3) is 8.10. The van der Waals surface area contributed by atoms with E-state index in [2.05, 4.69) is 16.8 Å². The molecular weight excluding hydrogens is 349 g/mol. The molecule has 1 rings (SSSR count). The number of ether oxygens (including phenoxy) is 1. The van der Waals surface area contributed by atoms with Gasteiger partial charge in [-0.05, 0) is 6.42 Å². The van der Waals surface area contributed by atoms with Gasteiger partial charge in [0, 0.05) is 31.2 Å². The lowest BCUT2D eigenvalue weighted by atomic mass is 10.4. The Bertz CT molecular complexity index is 211. The van der Waals surface area contributed by atoms with Crippen LogP contribution in [0.15, 0.2) is 4.99 Å². The lowest BCUT2D eigenvalue weighted by molar-refractivity contribution is 0.138. The smallest absolute Gasteiger partial charge is 0.191 e. The van der Waals surface area contributed by atoms with Crippen molar-refractivity contribution in [3.05, 3.63) is 0 Å². The van der Waals surface area contributed by atoms with Crippen molar-refractivity contribution < 1.29 is 4.74 Å². The predicted molar refractivity (Wildman–Crippen MR) is 86.5 cm³/mol. The van der Waals surface area contributed by atoms with E-state index in [0.29, 0.717) is 19.1 Å². The molecule has 0 aliphatic carbocycles. The summed E-state index contributed by atoms with van der Waals surface area (Å²) in [5, 5.41) is 0. The van der Waals surface area contributed by atoms with Gasteiger partial charge in [0.15, 0.2) is 5.96 Å². The molecule has 1 heterocycles. The van der Waals surface area contributed by atoms with Crippen LogP contribution in [0.2, 0.25) is 0 Å². The average molecular weight is 373 g/mol. The summed E-state index contributed by atoms with van der Waals surface area (Å²) in [6, 6.07) is 0. The first-order valence-corrected chi connectivity index (χ1v) is 7.20. The Morgan fingerprint density at radius 3 is 2.71 bits per heavy atom. The van der Waals surface area contributed by atoms with E-state index in [1.807, 2.05) is 11.8 Å². The molecule has 1 fully saturated rings. The number of guanidine groups is 1. The maximum absolute atomic E-state index is 5.90. The lowest BCUT2D eigenvalue weighted by Crippen LogP contribution is -2.42. The van der Waals surface area contributed by atoms with Crippen molar-refractivity contribution in [1.29, 1.82) is 0 Å². The molecular formula is C11H24IN3OS. The number of halogens is 1. The normalized spacial score (nSPS) is 16.8. The summed E-state index contributed by atoms with van der Waals surface area (Å²) in [6.45, 7) is 6.41. The Hall–Kier alpha value is 0.310.